The Kier molecular flexibility index (Phi) is 9.59. The predicted octanol–water partition coefficient (Wildman–Crippen LogP) is 3.10. The highest BCUT2D eigenvalue weighted by molar-refractivity contribution is 9.09. The highest BCUT2D eigenvalue weighted by Crippen LogP contribution is 2.14. The van der Waals surface area contributed by atoms with Crippen molar-refractivity contribution in [1.29, 1.82) is 0 Å². The fourth-order valence-corrected chi connectivity index (χ4v) is 1.92. The van der Waals surface area contributed by atoms with Crippen molar-refractivity contribution in [3.63, 3.8) is 0 Å². The average Bonchev–Trinajstić information content (AvgIpc) is 2.23. The van der Waals surface area contributed by atoms with E-state index in [9.17, 15) is 9.59 Å². The summed E-state index contributed by atoms with van der Waals surface area (Å²) in [4.78, 5) is 22.7. The molecule has 0 N–H and O–H groups in total. The number of carbonyl (C=O) groups is 2. The van der Waals surface area contributed by atoms with Crippen LogP contribution >= 0.6 is 15.9 Å². The van der Waals surface area contributed by atoms with Crippen LogP contribution in [0.25, 0.3) is 0 Å². The van der Waals surface area contributed by atoms with Crippen LogP contribution in [0.2, 0.25) is 0 Å². The molecular formula is C12H21BrO3. The second kappa shape index (κ2) is 9.82. The van der Waals surface area contributed by atoms with Crippen LogP contribution in [0.4, 0.5) is 0 Å². The molecule has 1 unspecified atom stereocenters. The summed E-state index contributed by atoms with van der Waals surface area (Å²) < 4.78 is 4.88. The van der Waals surface area contributed by atoms with E-state index in [2.05, 4.69) is 15.9 Å². The van der Waals surface area contributed by atoms with E-state index in [0.29, 0.717) is 13.0 Å². The number of hydrogen-bond acceptors (Lipinski definition) is 3. The zero-order valence-electron chi connectivity index (χ0n) is 10.1. The van der Waals surface area contributed by atoms with Gasteiger partial charge in [-0.3, -0.25) is 9.59 Å². The van der Waals surface area contributed by atoms with E-state index < -0.39 is 5.92 Å². The molecular weight excluding hydrogens is 272 g/mol. The van der Waals surface area contributed by atoms with Crippen LogP contribution in [-0.2, 0) is 14.3 Å². The Hall–Kier alpha value is -0.380. The van der Waals surface area contributed by atoms with Gasteiger partial charge in [-0.15, -0.1) is 0 Å². The second-order valence-electron chi connectivity index (χ2n) is 3.81. The van der Waals surface area contributed by atoms with Gasteiger partial charge in [-0.05, 0) is 26.7 Å². The Labute approximate surface area is 106 Å². The number of ketones is 1. The van der Waals surface area contributed by atoms with Gasteiger partial charge in [-0.25, -0.2) is 0 Å². The van der Waals surface area contributed by atoms with Crippen molar-refractivity contribution < 1.29 is 14.3 Å². The molecule has 0 fully saturated rings. The Bertz CT molecular complexity index is 216. The van der Waals surface area contributed by atoms with Crippen molar-refractivity contribution in [2.45, 2.75) is 46.0 Å². The first-order valence-electron chi connectivity index (χ1n) is 5.86. The van der Waals surface area contributed by atoms with Crippen molar-refractivity contribution in [3.8, 4) is 0 Å². The van der Waals surface area contributed by atoms with Crippen molar-refractivity contribution in [2.75, 3.05) is 11.9 Å². The molecule has 0 bridgehead atoms. The number of hydrogen-bond donors (Lipinski definition) is 0. The summed E-state index contributed by atoms with van der Waals surface area (Å²) in [6.45, 7) is 3.55. The first-order valence-corrected chi connectivity index (χ1v) is 6.98. The Morgan fingerprint density at radius 1 is 1.19 bits per heavy atom. The number of rotatable bonds is 9. The molecule has 0 aromatic carbocycles. The normalized spacial score (nSPS) is 12.2. The van der Waals surface area contributed by atoms with Crippen LogP contribution in [0.15, 0.2) is 0 Å². The number of carbonyl (C=O) groups excluding carboxylic acids is 2. The molecule has 0 radical (unpaired) electrons. The molecule has 0 amide bonds. The standard InChI is InChI=1S/C12H21BrO3/c1-3-16-12(15)11(10(2)14)8-6-4-5-7-9-13/h11H,3-9H2,1-2H3. The number of unbranched alkanes of at least 4 members (excludes halogenated alkanes) is 3. The molecule has 16 heavy (non-hydrogen) atoms. The summed E-state index contributed by atoms with van der Waals surface area (Å²) in [6, 6.07) is 0. The minimum atomic E-state index is -0.552. The van der Waals surface area contributed by atoms with Crippen LogP contribution < -0.4 is 0 Å². The van der Waals surface area contributed by atoms with Gasteiger partial charge < -0.3 is 4.74 Å². The van der Waals surface area contributed by atoms with Crippen molar-refractivity contribution in [2.24, 2.45) is 5.92 Å². The van der Waals surface area contributed by atoms with Gasteiger partial charge in [0.05, 0.1) is 6.61 Å². The monoisotopic (exact) mass is 292 g/mol. The highest BCUT2D eigenvalue weighted by atomic mass is 79.9. The lowest BCUT2D eigenvalue weighted by Gasteiger charge is -2.11. The maximum Gasteiger partial charge on any atom is 0.316 e. The molecule has 0 rings (SSSR count). The van der Waals surface area contributed by atoms with Gasteiger partial charge in [0.1, 0.15) is 11.7 Å². The largest absolute Gasteiger partial charge is 0.465 e. The molecule has 4 heteroatoms. The molecule has 0 aliphatic rings. The number of esters is 1. The van der Waals surface area contributed by atoms with Crippen LogP contribution in [-0.4, -0.2) is 23.7 Å². The van der Waals surface area contributed by atoms with Crippen LogP contribution in [0.1, 0.15) is 46.0 Å². The molecule has 0 aromatic rings. The third kappa shape index (κ3) is 6.99. The molecule has 3 nitrogen and oxygen atoms in total. The first-order chi connectivity index (χ1) is 7.63. The lowest BCUT2D eigenvalue weighted by molar-refractivity contribution is -0.151. The van der Waals surface area contributed by atoms with Crippen LogP contribution in [0.3, 0.4) is 0 Å². The molecule has 0 aromatic heterocycles. The van der Waals surface area contributed by atoms with Gasteiger partial charge in [-0.2, -0.15) is 0 Å². The topological polar surface area (TPSA) is 43.4 Å². The minimum absolute atomic E-state index is 0.0843. The van der Waals surface area contributed by atoms with Crippen molar-refractivity contribution in [1.82, 2.24) is 0 Å². The molecule has 1 atom stereocenters. The summed E-state index contributed by atoms with van der Waals surface area (Å²) >= 11 is 3.37. The maximum atomic E-state index is 11.5. The summed E-state index contributed by atoms with van der Waals surface area (Å²) in [7, 11) is 0. The molecule has 0 aliphatic heterocycles. The van der Waals surface area contributed by atoms with Crippen LogP contribution in [0, 0.1) is 5.92 Å². The van der Waals surface area contributed by atoms with E-state index in [1.807, 2.05) is 0 Å². The summed E-state index contributed by atoms with van der Waals surface area (Å²) in [5, 5.41) is 1.01. The number of alkyl halides is 1. The SMILES string of the molecule is CCOC(=O)C(CCCCCCBr)C(C)=O. The smallest absolute Gasteiger partial charge is 0.316 e. The lowest BCUT2D eigenvalue weighted by atomic mass is 9.97. The van der Waals surface area contributed by atoms with Crippen LogP contribution in [0.5, 0.6) is 0 Å². The second-order valence-corrected chi connectivity index (χ2v) is 4.60. The molecule has 94 valence electrons. The quantitative estimate of drug-likeness (QED) is 0.284. The van der Waals surface area contributed by atoms with E-state index in [0.717, 1.165) is 31.0 Å². The fraction of sp³-hybridized carbons (Fsp3) is 0.833. The minimum Gasteiger partial charge on any atom is -0.465 e. The highest BCUT2D eigenvalue weighted by Gasteiger charge is 2.23. The van der Waals surface area contributed by atoms with Gasteiger partial charge in [-0.1, -0.05) is 35.2 Å². The third-order valence-electron chi connectivity index (χ3n) is 2.44. The zero-order chi connectivity index (χ0) is 12.4. The fourth-order valence-electron chi connectivity index (χ4n) is 1.53. The molecule has 0 spiro atoms. The lowest BCUT2D eigenvalue weighted by Crippen LogP contribution is -2.24. The maximum absolute atomic E-state index is 11.5. The van der Waals surface area contributed by atoms with Gasteiger partial charge in [0.15, 0.2) is 0 Å². The predicted molar refractivity (Wildman–Crippen MR) is 67.7 cm³/mol. The van der Waals surface area contributed by atoms with E-state index in [1.54, 1.807) is 6.92 Å². The van der Waals surface area contributed by atoms with Crippen molar-refractivity contribution >= 4 is 27.7 Å². The average molecular weight is 293 g/mol. The Morgan fingerprint density at radius 2 is 1.81 bits per heavy atom. The van der Waals surface area contributed by atoms with Gasteiger partial charge in [0.25, 0.3) is 0 Å². The summed E-state index contributed by atoms with van der Waals surface area (Å²) in [5.74, 6) is -1.00. The molecule has 0 aliphatic carbocycles. The third-order valence-corrected chi connectivity index (χ3v) is 3.00. The van der Waals surface area contributed by atoms with E-state index in [4.69, 9.17) is 4.74 Å². The molecule has 0 saturated carbocycles. The number of halogens is 1. The van der Waals surface area contributed by atoms with Gasteiger partial charge in [0, 0.05) is 5.33 Å². The molecule has 0 saturated heterocycles. The van der Waals surface area contributed by atoms with E-state index in [-0.39, 0.29) is 11.8 Å². The van der Waals surface area contributed by atoms with Crippen molar-refractivity contribution in [3.05, 3.63) is 0 Å². The van der Waals surface area contributed by atoms with E-state index >= 15 is 0 Å². The molecule has 0 heterocycles. The number of ether oxygens (including phenoxy) is 1. The van der Waals surface area contributed by atoms with Gasteiger partial charge in [0.2, 0.25) is 0 Å². The van der Waals surface area contributed by atoms with E-state index in [1.165, 1.54) is 6.92 Å². The first kappa shape index (κ1) is 15.6. The Morgan fingerprint density at radius 3 is 2.31 bits per heavy atom. The Balaban J connectivity index is 3.86. The summed E-state index contributed by atoms with van der Waals surface area (Å²) in [5.41, 5.74) is 0. The zero-order valence-corrected chi connectivity index (χ0v) is 11.7. The number of Topliss-reactive ketones (excluding diaryl/α,β-unsaturated/α-hetero) is 1. The summed E-state index contributed by atoms with van der Waals surface area (Å²) in [6.07, 6.45) is 4.88. The van der Waals surface area contributed by atoms with Gasteiger partial charge >= 0.3 is 5.97 Å².